The van der Waals surface area contributed by atoms with Crippen LogP contribution in [0.2, 0.25) is 0 Å². The highest BCUT2D eigenvalue weighted by Crippen LogP contribution is 2.65. The SMILES string of the molecule is C=CC[C@@H]1C[C@H]2[C@@H]3CC[C@H]4N(C)C(=O)C=C[C@]4(C)[C@H]3CC[C@]2(C)[C@H]1O. The van der Waals surface area contributed by atoms with Gasteiger partial charge in [0, 0.05) is 18.5 Å². The molecule has 1 N–H and O–H groups in total. The molecule has 0 radical (unpaired) electrons. The van der Waals surface area contributed by atoms with Crippen molar-refractivity contribution >= 4 is 5.91 Å². The van der Waals surface area contributed by atoms with E-state index in [-0.39, 0.29) is 22.8 Å². The standard InChI is InChI=1S/C22H33NO2/c1-5-6-14-13-17-15-7-8-18-21(2,12-10-19(24)23(18)4)16(15)9-11-22(17,3)20(14)25/h5,10,12,14-18,20,25H,1,6-9,11,13H2,2-4H3/t14-,15-,16+,17+,18-,20+,21-,22+/m1/s1. The van der Waals surface area contributed by atoms with Crippen LogP contribution in [0.1, 0.15) is 52.4 Å². The lowest BCUT2D eigenvalue weighted by Gasteiger charge is -2.60. The van der Waals surface area contributed by atoms with Crippen molar-refractivity contribution < 1.29 is 9.90 Å². The van der Waals surface area contributed by atoms with Gasteiger partial charge >= 0.3 is 0 Å². The van der Waals surface area contributed by atoms with Crippen LogP contribution in [-0.2, 0) is 4.79 Å². The van der Waals surface area contributed by atoms with Crippen LogP contribution in [0.25, 0.3) is 0 Å². The zero-order chi connectivity index (χ0) is 18.0. The third kappa shape index (κ3) is 2.24. The van der Waals surface area contributed by atoms with Crippen LogP contribution in [-0.4, -0.2) is 35.1 Å². The van der Waals surface area contributed by atoms with Crippen molar-refractivity contribution in [1.29, 1.82) is 0 Å². The summed E-state index contributed by atoms with van der Waals surface area (Å²) in [6.07, 6.45) is 12.5. The molecule has 3 heteroatoms. The van der Waals surface area contributed by atoms with Gasteiger partial charge in [0.1, 0.15) is 0 Å². The van der Waals surface area contributed by atoms with Crippen LogP contribution < -0.4 is 0 Å². The van der Waals surface area contributed by atoms with Gasteiger partial charge in [0.2, 0.25) is 5.91 Å². The molecule has 0 saturated heterocycles. The Hall–Kier alpha value is -1.09. The van der Waals surface area contributed by atoms with Crippen molar-refractivity contribution in [3.63, 3.8) is 0 Å². The molecular weight excluding hydrogens is 310 g/mol. The number of hydrogen-bond donors (Lipinski definition) is 1. The Bertz CT molecular complexity index is 613. The molecule has 4 rings (SSSR count). The van der Waals surface area contributed by atoms with E-state index < -0.39 is 0 Å². The van der Waals surface area contributed by atoms with Crippen molar-refractivity contribution in [1.82, 2.24) is 4.90 Å². The molecule has 1 heterocycles. The fraction of sp³-hybridized carbons (Fsp3) is 0.773. The summed E-state index contributed by atoms with van der Waals surface area (Å²) in [5, 5.41) is 11.0. The molecule has 0 bridgehead atoms. The zero-order valence-electron chi connectivity index (χ0n) is 15.9. The summed E-state index contributed by atoms with van der Waals surface area (Å²) in [7, 11) is 1.97. The third-order valence-electron chi connectivity index (χ3n) is 8.71. The molecule has 3 fully saturated rings. The normalized spacial score (nSPS) is 51.7. The molecule has 3 saturated carbocycles. The van der Waals surface area contributed by atoms with Gasteiger partial charge in [0.25, 0.3) is 0 Å². The highest BCUT2D eigenvalue weighted by molar-refractivity contribution is 5.89. The van der Waals surface area contributed by atoms with Gasteiger partial charge in [-0.3, -0.25) is 4.79 Å². The molecule has 3 aliphatic carbocycles. The van der Waals surface area contributed by atoms with Crippen LogP contribution >= 0.6 is 0 Å². The molecule has 0 unspecified atom stereocenters. The Balaban J connectivity index is 1.66. The lowest BCUT2D eigenvalue weighted by atomic mass is 9.48. The summed E-state index contributed by atoms with van der Waals surface area (Å²) in [5.74, 6) is 2.45. The van der Waals surface area contributed by atoms with Gasteiger partial charge < -0.3 is 10.0 Å². The minimum absolute atomic E-state index is 0.0676. The summed E-state index contributed by atoms with van der Waals surface area (Å²) < 4.78 is 0. The topological polar surface area (TPSA) is 40.5 Å². The van der Waals surface area contributed by atoms with Gasteiger partial charge in [-0.05, 0) is 73.7 Å². The molecule has 0 aromatic heterocycles. The monoisotopic (exact) mass is 343 g/mol. The average molecular weight is 344 g/mol. The van der Waals surface area contributed by atoms with Gasteiger partial charge in [-0.25, -0.2) is 0 Å². The van der Waals surface area contributed by atoms with Crippen molar-refractivity contribution in [2.75, 3.05) is 7.05 Å². The molecule has 0 aromatic rings. The second-order valence-electron chi connectivity index (χ2n) is 9.63. The number of carbonyl (C=O) groups is 1. The number of likely N-dealkylation sites (N-methyl/N-ethyl adjacent to an activating group) is 1. The number of fused-ring (bicyclic) bond motifs is 5. The van der Waals surface area contributed by atoms with E-state index in [0.29, 0.717) is 29.7 Å². The quantitative estimate of drug-likeness (QED) is 0.775. The summed E-state index contributed by atoms with van der Waals surface area (Å²) in [6, 6.07) is 0.339. The number of aliphatic hydroxyl groups excluding tert-OH is 1. The van der Waals surface area contributed by atoms with Gasteiger partial charge in [-0.15, -0.1) is 6.58 Å². The predicted octanol–water partition coefficient (Wildman–Crippen LogP) is 3.79. The first-order chi connectivity index (χ1) is 11.8. The maximum absolute atomic E-state index is 12.1. The van der Waals surface area contributed by atoms with Crippen molar-refractivity contribution in [3.05, 3.63) is 24.8 Å². The molecule has 0 spiro atoms. The molecule has 1 aliphatic heterocycles. The Labute approximate surface area is 152 Å². The third-order valence-corrected chi connectivity index (χ3v) is 8.71. The first-order valence-corrected chi connectivity index (χ1v) is 10.1. The van der Waals surface area contributed by atoms with E-state index in [1.165, 1.54) is 12.8 Å². The number of nitrogens with zero attached hydrogens (tertiary/aromatic N) is 1. The van der Waals surface area contributed by atoms with Crippen LogP contribution in [0.4, 0.5) is 0 Å². The largest absolute Gasteiger partial charge is 0.392 e. The van der Waals surface area contributed by atoms with Crippen molar-refractivity contribution in [2.24, 2.45) is 34.5 Å². The van der Waals surface area contributed by atoms with Gasteiger partial charge in [0.15, 0.2) is 0 Å². The first-order valence-electron chi connectivity index (χ1n) is 10.1. The maximum atomic E-state index is 12.1. The summed E-state index contributed by atoms with van der Waals surface area (Å²) in [6.45, 7) is 8.62. The number of aliphatic hydroxyl groups is 1. The Morgan fingerprint density at radius 1 is 1.32 bits per heavy atom. The first kappa shape index (κ1) is 17.3. The number of allylic oxidation sites excluding steroid dienone is 1. The molecule has 4 aliphatic rings. The van der Waals surface area contributed by atoms with Gasteiger partial charge in [-0.2, -0.15) is 0 Å². The zero-order valence-corrected chi connectivity index (χ0v) is 15.9. The highest BCUT2D eigenvalue weighted by Gasteiger charge is 2.62. The van der Waals surface area contributed by atoms with E-state index in [4.69, 9.17) is 0 Å². The van der Waals surface area contributed by atoms with E-state index in [1.807, 2.05) is 18.0 Å². The van der Waals surface area contributed by atoms with Crippen LogP contribution in [0.3, 0.4) is 0 Å². The fourth-order valence-electron chi connectivity index (χ4n) is 7.33. The van der Waals surface area contributed by atoms with E-state index >= 15 is 0 Å². The average Bonchev–Trinajstić information content (AvgIpc) is 2.84. The molecule has 1 amide bonds. The summed E-state index contributed by atoms with van der Waals surface area (Å²) in [5.41, 5.74) is 0.159. The van der Waals surface area contributed by atoms with E-state index in [1.54, 1.807) is 6.08 Å². The number of rotatable bonds is 2. The predicted molar refractivity (Wildman–Crippen MR) is 99.8 cm³/mol. The maximum Gasteiger partial charge on any atom is 0.246 e. The lowest BCUT2D eigenvalue weighted by molar-refractivity contribution is -0.140. The fourth-order valence-corrected chi connectivity index (χ4v) is 7.33. The molecule has 8 atom stereocenters. The van der Waals surface area contributed by atoms with Crippen LogP contribution in [0.5, 0.6) is 0 Å². The molecule has 0 aromatic carbocycles. The van der Waals surface area contributed by atoms with Gasteiger partial charge in [-0.1, -0.05) is 26.0 Å². The van der Waals surface area contributed by atoms with Crippen LogP contribution in [0, 0.1) is 34.5 Å². The molecule has 3 nitrogen and oxygen atoms in total. The summed E-state index contributed by atoms with van der Waals surface area (Å²) >= 11 is 0. The minimum Gasteiger partial charge on any atom is -0.392 e. The number of amides is 1. The van der Waals surface area contributed by atoms with E-state index in [2.05, 4.69) is 26.5 Å². The highest BCUT2D eigenvalue weighted by atomic mass is 16.3. The van der Waals surface area contributed by atoms with Crippen molar-refractivity contribution in [3.8, 4) is 0 Å². The van der Waals surface area contributed by atoms with E-state index in [0.717, 1.165) is 25.7 Å². The van der Waals surface area contributed by atoms with Crippen LogP contribution in [0.15, 0.2) is 24.8 Å². The van der Waals surface area contributed by atoms with Gasteiger partial charge in [0.05, 0.1) is 6.10 Å². The Morgan fingerprint density at radius 2 is 2.08 bits per heavy atom. The molecular formula is C22H33NO2. The summed E-state index contributed by atoms with van der Waals surface area (Å²) in [4.78, 5) is 14.1. The lowest BCUT2D eigenvalue weighted by Crippen LogP contribution is -2.59. The minimum atomic E-state index is -0.187. The van der Waals surface area contributed by atoms with Crippen molar-refractivity contribution in [2.45, 2.75) is 64.5 Å². The Kier molecular flexibility index (Phi) is 3.95. The second-order valence-corrected chi connectivity index (χ2v) is 9.63. The van der Waals surface area contributed by atoms with E-state index in [9.17, 15) is 9.90 Å². The molecule has 138 valence electrons. The smallest absolute Gasteiger partial charge is 0.246 e. The second kappa shape index (κ2) is 5.70. The number of carbonyl (C=O) groups excluding carboxylic acids is 1. The number of hydrogen-bond acceptors (Lipinski definition) is 2. The molecule has 25 heavy (non-hydrogen) atoms. The Morgan fingerprint density at radius 3 is 2.80 bits per heavy atom.